The van der Waals surface area contributed by atoms with E-state index >= 15 is 0 Å². The van der Waals surface area contributed by atoms with Crippen molar-refractivity contribution in [1.29, 1.82) is 0 Å². The van der Waals surface area contributed by atoms with Crippen LogP contribution in [0.25, 0.3) is 0 Å². The van der Waals surface area contributed by atoms with Gasteiger partial charge >= 0.3 is 0 Å². The Kier molecular flexibility index (Phi) is 4.29. The monoisotopic (exact) mass is 325 g/mol. The van der Waals surface area contributed by atoms with Crippen molar-refractivity contribution in [1.82, 2.24) is 0 Å². The molecule has 5 nitrogen and oxygen atoms in total. The summed E-state index contributed by atoms with van der Waals surface area (Å²) >= 11 is 5.97. The predicted octanol–water partition coefficient (Wildman–Crippen LogP) is 2.79. The number of nitrogens with one attached hydrogen (secondary N) is 1. The molecule has 0 aliphatic rings. The van der Waals surface area contributed by atoms with Crippen LogP contribution in [0.5, 0.6) is 0 Å². The lowest BCUT2D eigenvalue weighted by molar-refractivity contribution is 0.601. The zero-order chi connectivity index (χ0) is 15.6. The average molecular weight is 326 g/mol. The quantitative estimate of drug-likeness (QED) is 0.848. The minimum Gasteiger partial charge on any atom is -0.398 e. The summed E-state index contributed by atoms with van der Waals surface area (Å²) in [5.41, 5.74) is 7.06. The summed E-state index contributed by atoms with van der Waals surface area (Å²) in [6.45, 7) is 0. The Balaban J connectivity index is 2.48. The summed E-state index contributed by atoms with van der Waals surface area (Å²) in [6.07, 6.45) is 0. The van der Waals surface area contributed by atoms with Crippen molar-refractivity contribution in [3.63, 3.8) is 0 Å². The van der Waals surface area contributed by atoms with Gasteiger partial charge in [-0.3, -0.25) is 4.72 Å². The molecule has 0 saturated heterocycles. The highest BCUT2D eigenvalue weighted by atomic mass is 35.5. The molecule has 0 atom stereocenters. The molecule has 0 fully saturated rings. The fourth-order valence-corrected chi connectivity index (χ4v) is 3.71. The number of anilines is 3. The molecule has 0 spiro atoms. The summed E-state index contributed by atoms with van der Waals surface area (Å²) in [6, 6.07) is 11.7. The van der Waals surface area contributed by atoms with E-state index in [0.29, 0.717) is 5.69 Å². The summed E-state index contributed by atoms with van der Waals surface area (Å²) in [5, 5.41) is 0.0878. The van der Waals surface area contributed by atoms with Gasteiger partial charge in [0.2, 0.25) is 0 Å². The third-order valence-corrected chi connectivity index (χ3v) is 4.81. The number of benzene rings is 2. The lowest BCUT2D eigenvalue weighted by Crippen LogP contribution is -2.18. The summed E-state index contributed by atoms with van der Waals surface area (Å²) in [4.78, 5) is 1.70. The maximum absolute atomic E-state index is 12.5. The molecule has 0 aliphatic carbocycles. The Morgan fingerprint density at radius 2 is 1.76 bits per heavy atom. The molecular formula is C14H16ClN3O2S. The van der Waals surface area contributed by atoms with Crippen LogP contribution in [0.15, 0.2) is 47.4 Å². The van der Waals surface area contributed by atoms with Gasteiger partial charge in [0, 0.05) is 14.1 Å². The summed E-state index contributed by atoms with van der Waals surface area (Å²) < 4.78 is 27.6. The number of nitrogens with two attached hydrogens (primary N) is 1. The Morgan fingerprint density at radius 3 is 2.38 bits per heavy atom. The predicted molar refractivity (Wildman–Crippen MR) is 87.4 cm³/mol. The second-order valence-corrected chi connectivity index (χ2v) is 6.70. The van der Waals surface area contributed by atoms with Gasteiger partial charge in [-0.2, -0.15) is 0 Å². The molecule has 0 unspecified atom stereocenters. The first kappa shape index (κ1) is 15.5. The molecule has 0 radical (unpaired) electrons. The van der Waals surface area contributed by atoms with Gasteiger partial charge in [0.05, 0.1) is 22.1 Å². The number of hydrogen-bond acceptors (Lipinski definition) is 4. The van der Waals surface area contributed by atoms with Crippen molar-refractivity contribution in [2.45, 2.75) is 4.90 Å². The van der Waals surface area contributed by atoms with Crippen LogP contribution < -0.4 is 15.4 Å². The number of sulfonamides is 1. The van der Waals surface area contributed by atoms with Gasteiger partial charge in [-0.05, 0) is 24.3 Å². The van der Waals surface area contributed by atoms with Crippen molar-refractivity contribution >= 4 is 38.7 Å². The number of hydrogen-bond donors (Lipinski definition) is 2. The molecule has 2 rings (SSSR count). The number of rotatable bonds is 4. The molecule has 0 aliphatic heterocycles. The normalized spacial score (nSPS) is 11.2. The van der Waals surface area contributed by atoms with E-state index in [9.17, 15) is 8.42 Å². The van der Waals surface area contributed by atoms with E-state index in [4.69, 9.17) is 17.3 Å². The lowest BCUT2D eigenvalue weighted by atomic mass is 10.2. The fourth-order valence-electron chi connectivity index (χ4n) is 1.95. The first-order valence-corrected chi connectivity index (χ1v) is 8.02. The SMILES string of the molecule is CN(C)c1ccccc1NS(=O)(=O)c1c(N)cccc1Cl. The lowest BCUT2D eigenvalue weighted by Gasteiger charge is -2.19. The number of para-hydroxylation sites is 2. The molecule has 2 aromatic carbocycles. The average Bonchev–Trinajstić information content (AvgIpc) is 2.37. The van der Waals surface area contributed by atoms with Crippen LogP contribution in [0.3, 0.4) is 0 Å². The third kappa shape index (κ3) is 3.22. The van der Waals surface area contributed by atoms with Gasteiger partial charge in [-0.1, -0.05) is 29.8 Å². The molecule has 0 heterocycles. The standard InChI is InChI=1S/C14H16ClN3O2S/c1-18(2)13-9-4-3-8-12(13)17-21(19,20)14-10(15)6-5-7-11(14)16/h3-9,17H,16H2,1-2H3. The van der Waals surface area contributed by atoms with Crippen molar-refractivity contribution in [2.75, 3.05) is 29.5 Å². The molecule has 0 aromatic heterocycles. The van der Waals surface area contributed by atoms with Gasteiger partial charge in [0.15, 0.2) is 0 Å². The first-order chi connectivity index (χ1) is 9.83. The van der Waals surface area contributed by atoms with E-state index in [1.54, 1.807) is 18.2 Å². The van der Waals surface area contributed by atoms with E-state index < -0.39 is 10.0 Å². The minimum absolute atomic E-state index is 0.0878. The highest BCUT2D eigenvalue weighted by Crippen LogP contribution is 2.31. The third-order valence-electron chi connectivity index (χ3n) is 2.90. The maximum Gasteiger partial charge on any atom is 0.265 e. The fraction of sp³-hybridized carbons (Fsp3) is 0.143. The Hall–Kier alpha value is -1.92. The number of nitrogen functional groups attached to an aromatic ring is 1. The first-order valence-electron chi connectivity index (χ1n) is 6.16. The van der Waals surface area contributed by atoms with E-state index in [2.05, 4.69) is 4.72 Å². The van der Waals surface area contributed by atoms with Gasteiger partial charge in [0.25, 0.3) is 10.0 Å². The van der Waals surface area contributed by atoms with Crippen LogP contribution in [0.1, 0.15) is 0 Å². The molecule has 3 N–H and O–H groups in total. The summed E-state index contributed by atoms with van der Waals surface area (Å²) in [7, 11) is -0.204. The van der Waals surface area contributed by atoms with E-state index in [1.807, 2.05) is 31.1 Å². The molecular weight excluding hydrogens is 310 g/mol. The number of nitrogens with zero attached hydrogens (tertiary/aromatic N) is 1. The highest BCUT2D eigenvalue weighted by molar-refractivity contribution is 7.93. The molecule has 0 bridgehead atoms. The van der Waals surface area contributed by atoms with Crippen LogP contribution in [0.4, 0.5) is 17.1 Å². The van der Waals surface area contributed by atoms with Crippen LogP contribution in [0.2, 0.25) is 5.02 Å². The zero-order valence-electron chi connectivity index (χ0n) is 11.7. The van der Waals surface area contributed by atoms with E-state index in [1.165, 1.54) is 12.1 Å². The molecule has 2 aromatic rings. The van der Waals surface area contributed by atoms with Crippen LogP contribution in [-0.2, 0) is 10.0 Å². The van der Waals surface area contributed by atoms with Crippen LogP contribution in [-0.4, -0.2) is 22.5 Å². The Labute approximate surface area is 129 Å². The van der Waals surface area contributed by atoms with Crippen LogP contribution in [0, 0.1) is 0 Å². The Bertz CT molecular complexity index is 740. The summed E-state index contributed by atoms with van der Waals surface area (Å²) in [5.74, 6) is 0. The van der Waals surface area contributed by atoms with Gasteiger partial charge in [-0.25, -0.2) is 8.42 Å². The molecule has 112 valence electrons. The van der Waals surface area contributed by atoms with Crippen molar-refractivity contribution in [2.24, 2.45) is 0 Å². The van der Waals surface area contributed by atoms with Crippen LogP contribution >= 0.6 is 11.6 Å². The van der Waals surface area contributed by atoms with Gasteiger partial charge in [0.1, 0.15) is 4.90 Å². The van der Waals surface area contributed by atoms with Gasteiger partial charge in [-0.15, -0.1) is 0 Å². The zero-order valence-corrected chi connectivity index (χ0v) is 13.2. The van der Waals surface area contributed by atoms with Gasteiger partial charge < -0.3 is 10.6 Å². The second-order valence-electron chi connectivity index (χ2n) is 4.68. The van der Waals surface area contributed by atoms with E-state index in [0.717, 1.165) is 5.69 Å². The molecule has 7 heteroatoms. The molecule has 21 heavy (non-hydrogen) atoms. The highest BCUT2D eigenvalue weighted by Gasteiger charge is 2.22. The topological polar surface area (TPSA) is 75.4 Å². The molecule has 0 saturated carbocycles. The minimum atomic E-state index is -3.86. The number of halogens is 1. The molecule has 0 amide bonds. The second kappa shape index (κ2) is 5.83. The van der Waals surface area contributed by atoms with E-state index in [-0.39, 0.29) is 15.6 Å². The Morgan fingerprint density at radius 1 is 1.10 bits per heavy atom. The van der Waals surface area contributed by atoms with Crippen molar-refractivity contribution in [3.05, 3.63) is 47.5 Å². The van der Waals surface area contributed by atoms with Crippen molar-refractivity contribution in [3.8, 4) is 0 Å². The maximum atomic E-state index is 12.5. The largest absolute Gasteiger partial charge is 0.398 e. The van der Waals surface area contributed by atoms with Crippen molar-refractivity contribution < 1.29 is 8.42 Å². The smallest absolute Gasteiger partial charge is 0.265 e.